The lowest BCUT2D eigenvalue weighted by Crippen LogP contribution is -2.11. The van der Waals surface area contributed by atoms with E-state index in [-0.39, 0.29) is 17.6 Å². The third kappa shape index (κ3) is 4.91. The molecule has 2 aromatic heterocycles. The molecule has 126 valence electrons. The third-order valence-corrected chi connectivity index (χ3v) is 4.74. The van der Waals surface area contributed by atoms with Gasteiger partial charge in [0.1, 0.15) is 0 Å². The van der Waals surface area contributed by atoms with Gasteiger partial charge in [-0.2, -0.15) is 0 Å². The van der Waals surface area contributed by atoms with Gasteiger partial charge in [0.25, 0.3) is 5.91 Å². The van der Waals surface area contributed by atoms with Gasteiger partial charge < -0.3 is 15.1 Å². The van der Waals surface area contributed by atoms with E-state index in [0.29, 0.717) is 11.4 Å². The molecule has 0 aliphatic rings. The maximum Gasteiger partial charge on any atom is 0.291 e. The number of thiophene rings is 1. The number of anilines is 2. The summed E-state index contributed by atoms with van der Waals surface area (Å²) in [5.74, 6) is -0.313. The zero-order valence-corrected chi connectivity index (χ0v) is 15.3. The molecule has 7 heteroatoms. The summed E-state index contributed by atoms with van der Waals surface area (Å²) in [5, 5.41) is 5.47. The van der Waals surface area contributed by atoms with Gasteiger partial charge in [0.2, 0.25) is 5.91 Å². The van der Waals surface area contributed by atoms with Crippen molar-refractivity contribution in [3.8, 4) is 0 Å². The Kier molecular flexibility index (Phi) is 5.47. The van der Waals surface area contributed by atoms with Crippen LogP contribution in [0.15, 0.2) is 69.1 Å². The molecule has 1 aromatic carbocycles. The Morgan fingerprint density at radius 3 is 2.32 bits per heavy atom. The van der Waals surface area contributed by atoms with Gasteiger partial charge >= 0.3 is 0 Å². The van der Waals surface area contributed by atoms with Crippen molar-refractivity contribution in [2.75, 3.05) is 10.6 Å². The summed E-state index contributed by atoms with van der Waals surface area (Å²) in [7, 11) is 0. The summed E-state index contributed by atoms with van der Waals surface area (Å²) in [4.78, 5) is 24.8. The van der Waals surface area contributed by atoms with Gasteiger partial charge in [0.05, 0.1) is 10.0 Å². The van der Waals surface area contributed by atoms with Crippen molar-refractivity contribution in [3.05, 3.63) is 75.3 Å². The van der Waals surface area contributed by atoms with Crippen LogP contribution in [0.5, 0.6) is 0 Å². The predicted molar refractivity (Wildman–Crippen MR) is 103 cm³/mol. The molecule has 0 spiro atoms. The summed E-state index contributed by atoms with van der Waals surface area (Å²) in [5.41, 5.74) is 1.25. The van der Waals surface area contributed by atoms with Crippen molar-refractivity contribution in [2.24, 2.45) is 0 Å². The zero-order valence-electron chi connectivity index (χ0n) is 12.9. The number of hydrogen-bond acceptors (Lipinski definition) is 4. The average Bonchev–Trinajstić information content (AvgIpc) is 3.26. The van der Waals surface area contributed by atoms with E-state index in [2.05, 4.69) is 26.6 Å². The Bertz CT molecular complexity index is 899. The van der Waals surface area contributed by atoms with E-state index < -0.39 is 0 Å². The number of nitrogens with one attached hydrogen (secondary N) is 2. The second kappa shape index (κ2) is 7.96. The van der Waals surface area contributed by atoms with E-state index in [0.717, 1.165) is 8.66 Å². The Balaban J connectivity index is 1.56. The predicted octanol–water partition coefficient (Wildman–Crippen LogP) is 5.01. The lowest BCUT2D eigenvalue weighted by Gasteiger charge is -2.05. The Labute approximate surface area is 156 Å². The van der Waals surface area contributed by atoms with Crippen molar-refractivity contribution in [2.45, 2.75) is 0 Å². The quantitative estimate of drug-likeness (QED) is 0.574. The lowest BCUT2D eigenvalue weighted by atomic mass is 10.2. The lowest BCUT2D eigenvalue weighted by molar-refractivity contribution is -0.111. The van der Waals surface area contributed by atoms with Gasteiger partial charge in [-0.05, 0) is 70.5 Å². The highest BCUT2D eigenvalue weighted by molar-refractivity contribution is 9.11. The van der Waals surface area contributed by atoms with Gasteiger partial charge in [0, 0.05) is 22.3 Å². The largest absolute Gasteiger partial charge is 0.459 e. The SMILES string of the molecule is O=C(/C=C/c1ccc(Br)s1)Nc1ccc(NC(=O)c2ccco2)cc1. The normalized spacial score (nSPS) is 10.8. The van der Waals surface area contributed by atoms with Crippen LogP contribution in [-0.2, 0) is 4.79 Å². The molecule has 2 amide bonds. The van der Waals surface area contributed by atoms with Gasteiger partial charge in [-0.25, -0.2) is 0 Å². The number of furan rings is 1. The molecular formula is C18H13BrN2O3S. The van der Waals surface area contributed by atoms with Crippen molar-refractivity contribution < 1.29 is 14.0 Å². The standard InChI is InChI=1S/C18H13BrN2O3S/c19-16-9-7-14(25-16)8-10-17(22)20-12-3-5-13(6-4-12)21-18(23)15-2-1-11-24-15/h1-11H,(H,20,22)(H,21,23)/b10-8+. The minimum Gasteiger partial charge on any atom is -0.459 e. The highest BCUT2D eigenvalue weighted by Gasteiger charge is 2.08. The second-order valence-electron chi connectivity index (χ2n) is 4.97. The molecule has 3 rings (SSSR count). The van der Waals surface area contributed by atoms with E-state index in [4.69, 9.17) is 4.42 Å². The van der Waals surface area contributed by atoms with E-state index in [1.807, 2.05) is 12.1 Å². The monoisotopic (exact) mass is 416 g/mol. The van der Waals surface area contributed by atoms with E-state index in [9.17, 15) is 9.59 Å². The fourth-order valence-electron chi connectivity index (χ4n) is 2.00. The molecule has 0 saturated carbocycles. The van der Waals surface area contributed by atoms with E-state index in [1.165, 1.54) is 12.3 Å². The van der Waals surface area contributed by atoms with Crippen LogP contribution in [0.25, 0.3) is 6.08 Å². The molecule has 0 aliphatic heterocycles. The summed E-state index contributed by atoms with van der Waals surface area (Å²) in [6.45, 7) is 0. The minimum absolute atomic E-state index is 0.225. The van der Waals surface area contributed by atoms with E-state index in [1.54, 1.807) is 53.8 Å². The summed E-state index contributed by atoms with van der Waals surface area (Å²) in [6, 6.07) is 13.9. The van der Waals surface area contributed by atoms with Crippen LogP contribution in [0, 0.1) is 0 Å². The van der Waals surface area contributed by atoms with Crippen molar-refractivity contribution in [1.29, 1.82) is 0 Å². The molecule has 0 bridgehead atoms. The average molecular weight is 417 g/mol. The molecule has 0 atom stereocenters. The molecule has 2 N–H and O–H groups in total. The van der Waals surface area contributed by atoms with Gasteiger partial charge in [-0.15, -0.1) is 11.3 Å². The van der Waals surface area contributed by atoms with Gasteiger partial charge in [-0.3, -0.25) is 9.59 Å². The number of benzene rings is 1. The van der Waals surface area contributed by atoms with Crippen LogP contribution in [0.1, 0.15) is 15.4 Å². The maximum atomic E-state index is 11.9. The van der Waals surface area contributed by atoms with Crippen LogP contribution in [0.4, 0.5) is 11.4 Å². The van der Waals surface area contributed by atoms with Crippen LogP contribution >= 0.6 is 27.3 Å². The molecule has 0 fully saturated rings. The molecule has 2 heterocycles. The second-order valence-corrected chi connectivity index (χ2v) is 7.47. The molecular weight excluding hydrogens is 404 g/mol. The summed E-state index contributed by atoms with van der Waals surface area (Å²) < 4.78 is 6.04. The van der Waals surface area contributed by atoms with Crippen molar-refractivity contribution in [3.63, 3.8) is 0 Å². The van der Waals surface area contributed by atoms with Crippen LogP contribution in [0.2, 0.25) is 0 Å². The van der Waals surface area contributed by atoms with Crippen molar-refractivity contribution in [1.82, 2.24) is 0 Å². The molecule has 0 saturated heterocycles. The van der Waals surface area contributed by atoms with Crippen molar-refractivity contribution >= 4 is 56.5 Å². The number of rotatable bonds is 5. The first kappa shape index (κ1) is 17.2. The number of hydrogen-bond donors (Lipinski definition) is 2. The molecule has 0 radical (unpaired) electrons. The van der Waals surface area contributed by atoms with Crippen LogP contribution in [-0.4, -0.2) is 11.8 Å². The fraction of sp³-hybridized carbons (Fsp3) is 0. The van der Waals surface area contributed by atoms with E-state index >= 15 is 0 Å². The molecule has 0 aliphatic carbocycles. The Hall–Kier alpha value is -2.64. The van der Waals surface area contributed by atoms with Crippen LogP contribution < -0.4 is 10.6 Å². The first-order valence-corrected chi connectivity index (χ1v) is 8.90. The first-order chi connectivity index (χ1) is 12.1. The number of amides is 2. The number of carbonyl (C=O) groups is 2. The number of carbonyl (C=O) groups excluding carboxylic acids is 2. The van der Waals surface area contributed by atoms with Crippen LogP contribution in [0.3, 0.4) is 0 Å². The molecule has 0 unspecified atom stereocenters. The topological polar surface area (TPSA) is 71.3 Å². The minimum atomic E-state index is -0.327. The Morgan fingerprint density at radius 2 is 1.72 bits per heavy atom. The summed E-state index contributed by atoms with van der Waals surface area (Å²) >= 11 is 4.92. The molecule has 25 heavy (non-hydrogen) atoms. The Morgan fingerprint density at radius 1 is 1.00 bits per heavy atom. The van der Waals surface area contributed by atoms with Gasteiger partial charge in [0.15, 0.2) is 5.76 Å². The zero-order chi connectivity index (χ0) is 17.6. The number of halogens is 1. The highest BCUT2D eigenvalue weighted by atomic mass is 79.9. The summed E-state index contributed by atoms with van der Waals surface area (Å²) in [6.07, 6.45) is 4.67. The third-order valence-electron chi connectivity index (χ3n) is 3.15. The maximum absolute atomic E-state index is 11.9. The highest BCUT2D eigenvalue weighted by Crippen LogP contribution is 2.23. The molecule has 3 aromatic rings. The first-order valence-electron chi connectivity index (χ1n) is 7.29. The molecule has 5 nitrogen and oxygen atoms in total. The smallest absolute Gasteiger partial charge is 0.291 e. The van der Waals surface area contributed by atoms with Gasteiger partial charge in [-0.1, -0.05) is 0 Å². The fourth-order valence-corrected chi connectivity index (χ4v) is 3.32.